The standard InChI is InChI=1S/C12H8ClF2N5O3/c13-7-5-6(1-2-8(7)15)20-11(19-22-12(20)21)9-10(16-4-3-14)18-23-17-9/h1-2,5H,3-4H2,(H,16,18). The Morgan fingerprint density at radius 3 is 2.87 bits per heavy atom. The molecule has 0 saturated heterocycles. The molecule has 1 N–H and O–H groups in total. The van der Waals surface area contributed by atoms with Crippen molar-refractivity contribution in [3.05, 3.63) is 39.6 Å². The molecule has 0 spiro atoms. The Labute approximate surface area is 131 Å². The summed E-state index contributed by atoms with van der Waals surface area (Å²) in [6.45, 7) is -0.683. The van der Waals surface area contributed by atoms with Crippen LogP contribution in [0.15, 0.2) is 32.1 Å². The lowest BCUT2D eigenvalue weighted by Crippen LogP contribution is -2.14. The molecule has 11 heteroatoms. The highest BCUT2D eigenvalue weighted by molar-refractivity contribution is 6.30. The highest BCUT2D eigenvalue weighted by Crippen LogP contribution is 2.25. The highest BCUT2D eigenvalue weighted by Gasteiger charge is 2.22. The average Bonchev–Trinajstić information content (AvgIpc) is 3.14. The molecule has 0 aliphatic carbocycles. The van der Waals surface area contributed by atoms with Crippen LogP contribution in [0.3, 0.4) is 0 Å². The first-order valence-electron chi connectivity index (χ1n) is 6.28. The summed E-state index contributed by atoms with van der Waals surface area (Å²) in [6.07, 6.45) is 0. The molecule has 8 nitrogen and oxygen atoms in total. The summed E-state index contributed by atoms with van der Waals surface area (Å²) < 4.78 is 35.7. The third-order valence-electron chi connectivity index (χ3n) is 2.85. The molecule has 120 valence electrons. The maximum atomic E-state index is 13.3. The zero-order valence-corrected chi connectivity index (χ0v) is 12.0. The van der Waals surface area contributed by atoms with Gasteiger partial charge in [0.05, 0.1) is 10.7 Å². The van der Waals surface area contributed by atoms with Gasteiger partial charge in [0.25, 0.3) is 0 Å². The molecule has 0 radical (unpaired) electrons. The maximum absolute atomic E-state index is 13.3. The summed E-state index contributed by atoms with van der Waals surface area (Å²) >= 11 is 5.72. The smallest absolute Gasteiger partial charge is 0.363 e. The van der Waals surface area contributed by atoms with E-state index in [0.717, 1.165) is 10.6 Å². The fraction of sp³-hybridized carbons (Fsp3) is 0.167. The van der Waals surface area contributed by atoms with E-state index in [1.165, 1.54) is 12.1 Å². The van der Waals surface area contributed by atoms with E-state index in [2.05, 4.69) is 29.9 Å². The molecule has 2 aromatic heterocycles. The van der Waals surface area contributed by atoms with Crippen LogP contribution in [0, 0.1) is 5.82 Å². The van der Waals surface area contributed by atoms with Crippen LogP contribution in [-0.4, -0.2) is 33.3 Å². The van der Waals surface area contributed by atoms with Gasteiger partial charge in [-0.2, -0.15) is 0 Å². The van der Waals surface area contributed by atoms with E-state index in [9.17, 15) is 13.6 Å². The van der Waals surface area contributed by atoms with Crippen molar-refractivity contribution in [2.75, 3.05) is 18.5 Å². The third-order valence-corrected chi connectivity index (χ3v) is 3.14. The van der Waals surface area contributed by atoms with Crippen LogP contribution >= 0.6 is 11.6 Å². The van der Waals surface area contributed by atoms with Crippen LogP contribution in [0.4, 0.5) is 14.6 Å². The normalized spacial score (nSPS) is 10.9. The van der Waals surface area contributed by atoms with Gasteiger partial charge in [0.15, 0.2) is 5.69 Å². The minimum atomic E-state index is -0.845. The van der Waals surface area contributed by atoms with Crippen molar-refractivity contribution in [1.82, 2.24) is 20.0 Å². The van der Waals surface area contributed by atoms with Gasteiger partial charge in [-0.1, -0.05) is 16.8 Å². The van der Waals surface area contributed by atoms with Crippen molar-refractivity contribution in [1.29, 1.82) is 0 Å². The molecular formula is C12H8ClF2N5O3. The van der Waals surface area contributed by atoms with Crippen LogP contribution < -0.4 is 11.1 Å². The van der Waals surface area contributed by atoms with Gasteiger partial charge in [0, 0.05) is 6.54 Å². The number of nitrogens with zero attached hydrogens (tertiary/aromatic N) is 4. The largest absolute Gasteiger partial charge is 0.446 e. The van der Waals surface area contributed by atoms with Crippen LogP contribution in [0.2, 0.25) is 5.02 Å². The summed E-state index contributed by atoms with van der Waals surface area (Å²) in [5.41, 5.74) is 0.238. The molecular weight excluding hydrogens is 336 g/mol. The molecule has 0 aliphatic rings. The van der Waals surface area contributed by atoms with Crippen LogP contribution in [0.5, 0.6) is 0 Å². The molecule has 0 bridgehead atoms. The summed E-state index contributed by atoms with van der Waals surface area (Å²) in [5.74, 6) is -1.46. The Kier molecular flexibility index (Phi) is 4.06. The van der Waals surface area contributed by atoms with E-state index in [1.54, 1.807) is 0 Å². The quantitative estimate of drug-likeness (QED) is 0.756. The number of halogens is 3. The Morgan fingerprint density at radius 2 is 2.13 bits per heavy atom. The highest BCUT2D eigenvalue weighted by atomic mass is 35.5. The Morgan fingerprint density at radius 1 is 1.30 bits per heavy atom. The Hall–Kier alpha value is -2.75. The molecule has 0 aliphatic heterocycles. The lowest BCUT2D eigenvalue weighted by atomic mass is 10.3. The van der Waals surface area contributed by atoms with Crippen molar-refractivity contribution in [3.63, 3.8) is 0 Å². The number of benzene rings is 1. The Bertz CT molecular complexity index is 891. The van der Waals surface area contributed by atoms with Crippen LogP contribution in [0.1, 0.15) is 0 Å². The van der Waals surface area contributed by atoms with E-state index < -0.39 is 18.2 Å². The first kappa shape index (κ1) is 15.2. The maximum Gasteiger partial charge on any atom is 0.446 e. The number of hydrogen-bond acceptors (Lipinski definition) is 7. The number of aromatic nitrogens is 4. The van der Waals surface area contributed by atoms with Gasteiger partial charge in [0.2, 0.25) is 11.6 Å². The summed E-state index contributed by atoms with van der Waals surface area (Å²) in [6, 6.07) is 3.62. The second-order valence-corrected chi connectivity index (χ2v) is 4.69. The average molecular weight is 344 g/mol. The molecule has 3 rings (SSSR count). The minimum absolute atomic E-state index is 0.0322. The van der Waals surface area contributed by atoms with Gasteiger partial charge in [-0.15, -0.1) is 0 Å². The third kappa shape index (κ3) is 2.80. The van der Waals surface area contributed by atoms with E-state index in [4.69, 9.17) is 11.6 Å². The summed E-state index contributed by atoms with van der Waals surface area (Å²) in [5, 5.41) is 13.2. The Balaban J connectivity index is 2.11. The summed E-state index contributed by atoms with van der Waals surface area (Å²) in [7, 11) is 0. The van der Waals surface area contributed by atoms with Gasteiger partial charge in [-0.3, -0.25) is 4.52 Å². The van der Waals surface area contributed by atoms with Gasteiger partial charge in [-0.05, 0) is 28.5 Å². The van der Waals surface area contributed by atoms with E-state index >= 15 is 0 Å². The van der Waals surface area contributed by atoms with Gasteiger partial charge < -0.3 is 5.32 Å². The lowest BCUT2D eigenvalue weighted by Gasteiger charge is -2.04. The van der Waals surface area contributed by atoms with Crippen molar-refractivity contribution in [2.24, 2.45) is 0 Å². The number of alkyl halides is 1. The van der Waals surface area contributed by atoms with Crippen molar-refractivity contribution < 1.29 is 17.9 Å². The SMILES string of the molecule is O=c1onc(-c2nonc2NCCF)n1-c1ccc(F)c(Cl)c1. The molecule has 0 amide bonds. The van der Waals surface area contributed by atoms with Crippen molar-refractivity contribution in [3.8, 4) is 17.2 Å². The second-order valence-electron chi connectivity index (χ2n) is 4.28. The molecule has 3 aromatic rings. The first-order chi connectivity index (χ1) is 11.1. The second kappa shape index (κ2) is 6.16. The van der Waals surface area contributed by atoms with Crippen molar-refractivity contribution in [2.45, 2.75) is 0 Å². The molecule has 0 saturated carbocycles. The van der Waals surface area contributed by atoms with Gasteiger partial charge >= 0.3 is 5.76 Å². The molecule has 1 aromatic carbocycles. The number of hydrogen-bond donors (Lipinski definition) is 1. The number of nitrogens with one attached hydrogen (secondary N) is 1. The van der Waals surface area contributed by atoms with Gasteiger partial charge in [0.1, 0.15) is 12.5 Å². The molecule has 0 fully saturated rings. The van der Waals surface area contributed by atoms with Crippen molar-refractivity contribution >= 4 is 17.4 Å². The van der Waals surface area contributed by atoms with E-state index in [-0.39, 0.29) is 34.6 Å². The zero-order chi connectivity index (χ0) is 16.4. The predicted octanol–water partition coefficient (Wildman–Crippen LogP) is 2.05. The lowest BCUT2D eigenvalue weighted by molar-refractivity contribution is 0.309. The van der Waals surface area contributed by atoms with E-state index in [0.29, 0.717) is 0 Å². The first-order valence-corrected chi connectivity index (χ1v) is 6.66. The fourth-order valence-corrected chi connectivity index (χ4v) is 2.04. The van der Waals surface area contributed by atoms with Crippen LogP contribution in [0.25, 0.3) is 17.2 Å². The molecule has 0 atom stereocenters. The molecule has 23 heavy (non-hydrogen) atoms. The number of anilines is 1. The molecule has 2 heterocycles. The molecule has 0 unspecified atom stereocenters. The van der Waals surface area contributed by atoms with E-state index in [1.807, 2.05) is 0 Å². The minimum Gasteiger partial charge on any atom is -0.363 e. The summed E-state index contributed by atoms with van der Waals surface area (Å²) in [4.78, 5) is 11.9. The topological polar surface area (TPSA) is 99.0 Å². The van der Waals surface area contributed by atoms with Crippen LogP contribution in [-0.2, 0) is 0 Å². The fourth-order valence-electron chi connectivity index (χ4n) is 1.87. The zero-order valence-electron chi connectivity index (χ0n) is 11.3. The van der Waals surface area contributed by atoms with Gasteiger partial charge in [-0.25, -0.2) is 22.8 Å². The monoisotopic (exact) mass is 343 g/mol. The predicted molar refractivity (Wildman–Crippen MR) is 74.8 cm³/mol. The number of rotatable bonds is 5.